The minimum absolute atomic E-state index is 0.316. The standard InChI is InChI=1S/C13H17BN2O2/c1-12(2)13(3,4)18-14(17-12)10-6-5-7-11-9(10)8-15-16-11/h5-6,8H,7H2,1-4H3. The summed E-state index contributed by atoms with van der Waals surface area (Å²) in [6, 6.07) is 0. The van der Waals surface area contributed by atoms with Crippen LogP contribution in [0.1, 0.15) is 34.1 Å². The van der Waals surface area contributed by atoms with Crippen LogP contribution in [0.2, 0.25) is 0 Å². The summed E-state index contributed by atoms with van der Waals surface area (Å²) in [5.41, 5.74) is 2.45. The molecular weight excluding hydrogens is 227 g/mol. The van der Waals surface area contributed by atoms with Crippen molar-refractivity contribution in [3.63, 3.8) is 0 Å². The van der Waals surface area contributed by atoms with Gasteiger partial charge in [0.15, 0.2) is 0 Å². The lowest BCUT2D eigenvalue weighted by atomic mass is 9.72. The largest absolute Gasteiger partial charge is 0.495 e. The molecule has 0 atom stereocenters. The zero-order valence-electron chi connectivity index (χ0n) is 11.2. The van der Waals surface area contributed by atoms with E-state index >= 15 is 0 Å². The molecule has 4 nitrogen and oxygen atoms in total. The average molecular weight is 244 g/mol. The van der Waals surface area contributed by atoms with Gasteiger partial charge >= 0.3 is 7.12 Å². The quantitative estimate of drug-likeness (QED) is 0.664. The Morgan fingerprint density at radius 3 is 2.50 bits per heavy atom. The summed E-state index contributed by atoms with van der Waals surface area (Å²) in [7, 11) is -0.337. The molecule has 5 heteroatoms. The van der Waals surface area contributed by atoms with Crippen molar-refractivity contribution in [1.29, 1.82) is 0 Å². The van der Waals surface area contributed by atoms with Crippen LogP contribution >= 0.6 is 0 Å². The van der Waals surface area contributed by atoms with Crippen LogP contribution in [-0.2, 0) is 9.31 Å². The lowest BCUT2D eigenvalue weighted by Crippen LogP contribution is -2.41. The van der Waals surface area contributed by atoms with Crippen molar-refractivity contribution in [2.75, 3.05) is 0 Å². The van der Waals surface area contributed by atoms with Crippen LogP contribution in [0.5, 0.6) is 0 Å². The number of fused-ring (bicyclic) bond motifs is 1. The van der Waals surface area contributed by atoms with Crippen molar-refractivity contribution in [3.05, 3.63) is 23.2 Å². The fraction of sp³-hybridized carbons (Fsp3) is 0.538. The van der Waals surface area contributed by atoms with E-state index in [0.29, 0.717) is 0 Å². The van der Waals surface area contributed by atoms with Crippen molar-refractivity contribution in [3.8, 4) is 0 Å². The van der Waals surface area contributed by atoms with Gasteiger partial charge in [0.1, 0.15) is 0 Å². The molecule has 0 saturated carbocycles. The molecule has 0 aromatic rings. The van der Waals surface area contributed by atoms with Gasteiger partial charge in [-0.2, -0.15) is 10.2 Å². The molecule has 1 saturated heterocycles. The molecule has 2 aliphatic heterocycles. The highest BCUT2D eigenvalue weighted by Gasteiger charge is 2.52. The van der Waals surface area contributed by atoms with Crippen LogP contribution in [0, 0.1) is 0 Å². The molecule has 0 aromatic carbocycles. The minimum atomic E-state index is -0.337. The van der Waals surface area contributed by atoms with Crippen LogP contribution < -0.4 is 0 Å². The van der Waals surface area contributed by atoms with Crippen molar-refractivity contribution >= 4 is 19.0 Å². The molecule has 0 N–H and O–H groups in total. The van der Waals surface area contributed by atoms with Crippen LogP contribution in [0.25, 0.3) is 0 Å². The highest BCUT2D eigenvalue weighted by Crippen LogP contribution is 2.40. The van der Waals surface area contributed by atoms with Gasteiger partial charge in [0, 0.05) is 12.0 Å². The third-order valence-electron chi connectivity index (χ3n) is 4.10. The number of hydrogen-bond acceptors (Lipinski definition) is 4. The first-order chi connectivity index (χ1) is 8.41. The molecule has 0 radical (unpaired) electrons. The van der Waals surface area contributed by atoms with Crippen LogP contribution in [0.4, 0.5) is 0 Å². The fourth-order valence-corrected chi connectivity index (χ4v) is 2.24. The van der Waals surface area contributed by atoms with Crippen LogP contribution in [0.15, 0.2) is 33.4 Å². The van der Waals surface area contributed by atoms with Crippen molar-refractivity contribution in [2.45, 2.75) is 45.3 Å². The topological polar surface area (TPSA) is 43.2 Å². The van der Waals surface area contributed by atoms with E-state index in [1.807, 2.05) is 0 Å². The molecule has 0 aromatic heterocycles. The number of hydrogen-bond donors (Lipinski definition) is 0. The zero-order chi connectivity index (χ0) is 13.0. The summed E-state index contributed by atoms with van der Waals surface area (Å²) in [5.74, 6) is 0. The third kappa shape index (κ3) is 1.61. The average Bonchev–Trinajstić information content (AvgIpc) is 2.81. The van der Waals surface area contributed by atoms with Crippen molar-refractivity contribution in [1.82, 2.24) is 0 Å². The van der Waals surface area contributed by atoms with Gasteiger partial charge in [-0.3, -0.25) is 0 Å². The maximum Gasteiger partial charge on any atom is 0.495 e. The molecule has 0 unspecified atom stereocenters. The maximum atomic E-state index is 6.06. The molecule has 18 heavy (non-hydrogen) atoms. The SMILES string of the molecule is CC1(C)OB(C2=C3C=NN=C3CC=C2)OC1(C)C. The van der Waals surface area contributed by atoms with Gasteiger partial charge in [0.2, 0.25) is 0 Å². The second kappa shape index (κ2) is 3.65. The van der Waals surface area contributed by atoms with Gasteiger partial charge in [-0.25, -0.2) is 0 Å². The van der Waals surface area contributed by atoms with E-state index in [0.717, 1.165) is 23.2 Å². The van der Waals surface area contributed by atoms with E-state index in [-0.39, 0.29) is 18.3 Å². The highest BCUT2D eigenvalue weighted by molar-refractivity contribution is 6.58. The summed E-state index contributed by atoms with van der Waals surface area (Å²) in [6.07, 6.45) is 6.77. The summed E-state index contributed by atoms with van der Waals surface area (Å²) in [6.45, 7) is 8.23. The molecule has 3 aliphatic rings. The molecule has 0 bridgehead atoms. The Bertz CT molecular complexity index is 499. The molecule has 0 spiro atoms. The van der Waals surface area contributed by atoms with E-state index in [1.54, 1.807) is 6.21 Å². The first-order valence-electron chi connectivity index (χ1n) is 6.27. The summed E-state index contributed by atoms with van der Waals surface area (Å²) < 4.78 is 12.1. The fourth-order valence-electron chi connectivity index (χ4n) is 2.24. The minimum Gasteiger partial charge on any atom is -0.399 e. The molecule has 1 aliphatic carbocycles. The predicted molar refractivity (Wildman–Crippen MR) is 72.8 cm³/mol. The molecule has 1 fully saturated rings. The molecule has 0 amide bonds. The summed E-state index contributed by atoms with van der Waals surface area (Å²) >= 11 is 0. The second-order valence-corrected chi connectivity index (χ2v) is 5.86. The Kier molecular flexibility index (Phi) is 2.41. The molecule has 94 valence electrons. The van der Waals surface area contributed by atoms with Crippen molar-refractivity contribution < 1.29 is 9.31 Å². The van der Waals surface area contributed by atoms with E-state index in [9.17, 15) is 0 Å². The normalized spacial score (nSPS) is 27.8. The maximum absolute atomic E-state index is 6.06. The highest BCUT2D eigenvalue weighted by atomic mass is 16.7. The van der Waals surface area contributed by atoms with Gasteiger partial charge in [0.25, 0.3) is 0 Å². The van der Waals surface area contributed by atoms with Crippen LogP contribution in [0.3, 0.4) is 0 Å². The van der Waals surface area contributed by atoms with Crippen molar-refractivity contribution in [2.24, 2.45) is 10.2 Å². The monoisotopic (exact) mass is 244 g/mol. The smallest absolute Gasteiger partial charge is 0.399 e. The Morgan fingerprint density at radius 1 is 1.17 bits per heavy atom. The Labute approximate surface area is 108 Å². The van der Waals surface area contributed by atoms with Gasteiger partial charge in [-0.15, -0.1) is 0 Å². The first-order valence-corrected chi connectivity index (χ1v) is 6.27. The Hall–Kier alpha value is -1.20. The van der Waals surface area contributed by atoms with E-state index < -0.39 is 0 Å². The zero-order valence-corrected chi connectivity index (χ0v) is 11.2. The summed E-state index contributed by atoms with van der Waals surface area (Å²) in [5, 5.41) is 8.09. The van der Waals surface area contributed by atoms with Gasteiger partial charge in [0.05, 0.1) is 23.1 Å². The van der Waals surface area contributed by atoms with E-state index in [4.69, 9.17) is 9.31 Å². The summed E-state index contributed by atoms with van der Waals surface area (Å²) in [4.78, 5) is 0. The second-order valence-electron chi connectivity index (χ2n) is 5.86. The number of allylic oxidation sites excluding steroid dienone is 4. The molecule has 2 heterocycles. The Morgan fingerprint density at radius 2 is 1.83 bits per heavy atom. The van der Waals surface area contributed by atoms with E-state index in [2.05, 4.69) is 50.0 Å². The van der Waals surface area contributed by atoms with E-state index in [1.165, 1.54) is 0 Å². The predicted octanol–water partition coefficient (Wildman–Crippen LogP) is 2.31. The Balaban J connectivity index is 1.96. The van der Waals surface area contributed by atoms with Gasteiger partial charge in [-0.05, 0) is 33.2 Å². The lowest BCUT2D eigenvalue weighted by molar-refractivity contribution is 0.00578. The molecule has 3 rings (SSSR count). The van der Waals surface area contributed by atoms with Gasteiger partial charge < -0.3 is 9.31 Å². The number of rotatable bonds is 1. The first kappa shape index (κ1) is 11.9. The third-order valence-corrected chi connectivity index (χ3v) is 4.10. The van der Waals surface area contributed by atoms with Gasteiger partial charge in [-0.1, -0.05) is 12.2 Å². The number of nitrogens with zero attached hydrogens (tertiary/aromatic N) is 2. The lowest BCUT2D eigenvalue weighted by Gasteiger charge is -2.32. The van der Waals surface area contributed by atoms with Crippen LogP contribution in [-0.4, -0.2) is 30.2 Å². The molecular formula is C13H17BN2O2.